The molecule has 0 saturated heterocycles. The van der Waals surface area contributed by atoms with Crippen molar-refractivity contribution in [3.63, 3.8) is 0 Å². The van der Waals surface area contributed by atoms with Crippen molar-refractivity contribution >= 4 is 34.4 Å². The molecule has 1 aliphatic heterocycles. The molecule has 1 atom stereocenters. The van der Waals surface area contributed by atoms with E-state index in [1.54, 1.807) is 12.3 Å². The highest BCUT2D eigenvalue weighted by atomic mass is 35.5. The predicted octanol–water partition coefficient (Wildman–Crippen LogP) is 2.57. The quantitative estimate of drug-likeness (QED) is 0.496. The monoisotopic (exact) mass is 311 g/mol. The Hall–Kier alpha value is -1.73. The summed E-state index contributed by atoms with van der Waals surface area (Å²) in [5.41, 5.74) is 0.132. The molecule has 0 fully saturated rings. The Morgan fingerprint density at radius 1 is 1.70 bits per heavy atom. The molecule has 0 aromatic carbocycles. The average Bonchev–Trinajstić information content (AvgIpc) is 2.95. The van der Waals surface area contributed by atoms with Crippen LogP contribution in [0.1, 0.15) is 17.8 Å². The minimum Gasteiger partial charge on any atom is -0.258 e. The smallest absolute Gasteiger partial charge is 0.258 e. The van der Waals surface area contributed by atoms with Gasteiger partial charge in [-0.15, -0.1) is 11.3 Å². The van der Waals surface area contributed by atoms with E-state index in [-0.39, 0.29) is 16.7 Å². The largest absolute Gasteiger partial charge is 0.357 e. The first-order valence-corrected chi connectivity index (χ1v) is 7.29. The molecule has 0 radical (unpaired) electrons. The normalized spacial score (nSPS) is 17.3. The number of pyridine rings is 1. The molecule has 0 N–H and O–H groups in total. The minimum atomic E-state index is -0.337. The van der Waals surface area contributed by atoms with Crippen LogP contribution in [0.4, 0.5) is 11.5 Å². The van der Waals surface area contributed by atoms with Crippen LogP contribution in [0.2, 0.25) is 4.47 Å². The van der Waals surface area contributed by atoms with Gasteiger partial charge < -0.3 is 0 Å². The first-order valence-electron chi connectivity index (χ1n) is 6.10. The van der Waals surface area contributed by atoms with Gasteiger partial charge in [0, 0.05) is 12.3 Å². The Bertz CT molecular complexity index is 675. The number of aromatic nitrogens is 2. The maximum atomic E-state index is 11.2. The van der Waals surface area contributed by atoms with E-state index in [0.717, 1.165) is 11.4 Å². The second kappa shape index (κ2) is 4.99. The van der Waals surface area contributed by atoms with Gasteiger partial charge in [0.05, 0.1) is 16.0 Å². The van der Waals surface area contributed by atoms with Crippen molar-refractivity contribution in [2.45, 2.75) is 19.5 Å². The van der Waals surface area contributed by atoms with Crippen LogP contribution in [0.5, 0.6) is 0 Å². The highest BCUT2D eigenvalue weighted by Gasteiger charge is 2.40. The zero-order chi connectivity index (χ0) is 14.3. The molecule has 20 heavy (non-hydrogen) atoms. The van der Waals surface area contributed by atoms with Crippen LogP contribution in [-0.4, -0.2) is 16.5 Å². The highest BCUT2D eigenvalue weighted by molar-refractivity contribution is 7.15. The van der Waals surface area contributed by atoms with E-state index in [1.165, 1.54) is 17.4 Å². The summed E-state index contributed by atoms with van der Waals surface area (Å²) in [5.74, 6) is 0.648. The van der Waals surface area contributed by atoms with Crippen LogP contribution in [0.15, 0.2) is 24.5 Å². The van der Waals surface area contributed by atoms with Gasteiger partial charge in [-0.05, 0) is 13.0 Å². The SMILES string of the molecule is CC1CN(Cc2cnc(Cl)s2)c2c([N+](=O)[O-])ccc[n+]21. The number of hydrogen-bond acceptors (Lipinski definition) is 5. The van der Waals surface area contributed by atoms with Gasteiger partial charge in [0.25, 0.3) is 0 Å². The molecule has 2 aromatic heterocycles. The van der Waals surface area contributed by atoms with E-state index < -0.39 is 0 Å². The lowest BCUT2D eigenvalue weighted by Gasteiger charge is -2.08. The summed E-state index contributed by atoms with van der Waals surface area (Å²) in [4.78, 5) is 17.9. The number of rotatable bonds is 3. The topological polar surface area (TPSA) is 63.1 Å². The Morgan fingerprint density at radius 2 is 2.50 bits per heavy atom. The molecule has 104 valence electrons. The lowest BCUT2D eigenvalue weighted by atomic mass is 10.3. The fourth-order valence-corrected chi connectivity index (χ4v) is 3.50. The van der Waals surface area contributed by atoms with Gasteiger partial charge in [0.15, 0.2) is 4.47 Å². The third kappa shape index (κ3) is 2.23. The molecule has 3 rings (SSSR count). The number of fused-ring (bicyclic) bond motifs is 1. The maximum absolute atomic E-state index is 11.2. The second-order valence-corrected chi connectivity index (χ2v) is 6.39. The van der Waals surface area contributed by atoms with Gasteiger partial charge in [0.2, 0.25) is 0 Å². The molecular formula is C12H12ClN4O2S+. The summed E-state index contributed by atoms with van der Waals surface area (Å²) in [6.45, 7) is 3.37. The number of thiazole rings is 1. The molecule has 3 heterocycles. The maximum Gasteiger partial charge on any atom is 0.357 e. The summed E-state index contributed by atoms with van der Waals surface area (Å²) in [6.07, 6.45) is 3.60. The zero-order valence-corrected chi connectivity index (χ0v) is 12.3. The Morgan fingerprint density at radius 3 is 3.15 bits per heavy atom. The standard InChI is InChI=1S/C12H12ClN4O2S/c1-8-6-15(7-9-5-14-12(13)20-9)11-10(17(18)19)3-2-4-16(8)11/h2-5,8H,6-7H2,1H3/q+1. The molecule has 8 heteroatoms. The summed E-state index contributed by atoms with van der Waals surface area (Å²) >= 11 is 7.23. The van der Waals surface area contributed by atoms with Crippen LogP contribution in [0.25, 0.3) is 0 Å². The number of anilines is 1. The number of nitrogens with zero attached hydrogens (tertiary/aromatic N) is 4. The van der Waals surface area contributed by atoms with E-state index in [4.69, 9.17) is 11.6 Å². The first-order chi connectivity index (χ1) is 9.56. The van der Waals surface area contributed by atoms with Crippen molar-refractivity contribution in [1.29, 1.82) is 0 Å². The highest BCUT2D eigenvalue weighted by Crippen LogP contribution is 2.32. The van der Waals surface area contributed by atoms with Crippen LogP contribution in [0.3, 0.4) is 0 Å². The molecule has 0 saturated carbocycles. The van der Waals surface area contributed by atoms with Crippen molar-refractivity contribution in [1.82, 2.24) is 4.98 Å². The Labute approximate surface area is 124 Å². The molecule has 2 aromatic rings. The van der Waals surface area contributed by atoms with Crippen LogP contribution < -0.4 is 9.47 Å². The number of hydrogen-bond donors (Lipinski definition) is 0. The lowest BCUT2D eigenvalue weighted by molar-refractivity contribution is -0.695. The van der Waals surface area contributed by atoms with Crippen molar-refractivity contribution < 1.29 is 9.49 Å². The summed E-state index contributed by atoms with van der Waals surface area (Å²) in [7, 11) is 0. The number of nitro groups is 1. The molecule has 0 spiro atoms. The molecule has 0 amide bonds. The summed E-state index contributed by atoms with van der Waals surface area (Å²) in [6, 6.07) is 3.45. The Kier molecular flexibility index (Phi) is 3.31. The summed E-state index contributed by atoms with van der Waals surface area (Å²) in [5, 5.41) is 11.2. The van der Waals surface area contributed by atoms with Crippen molar-refractivity contribution in [2.24, 2.45) is 0 Å². The van der Waals surface area contributed by atoms with Crippen LogP contribution >= 0.6 is 22.9 Å². The number of halogens is 1. The average molecular weight is 312 g/mol. The fourth-order valence-electron chi connectivity index (χ4n) is 2.51. The van der Waals surface area contributed by atoms with Crippen molar-refractivity contribution in [3.05, 3.63) is 44.0 Å². The first kappa shape index (κ1) is 13.3. The lowest BCUT2D eigenvalue weighted by Crippen LogP contribution is -2.34. The minimum absolute atomic E-state index is 0.132. The predicted molar refractivity (Wildman–Crippen MR) is 76.2 cm³/mol. The van der Waals surface area contributed by atoms with E-state index in [1.807, 2.05) is 22.6 Å². The van der Waals surface area contributed by atoms with Crippen LogP contribution in [-0.2, 0) is 6.54 Å². The van der Waals surface area contributed by atoms with Gasteiger partial charge in [0.1, 0.15) is 19.1 Å². The molecular weight excluding hydrogens is 300 g/mol. The van der Waals surface area contributed by atoms with E-state index in [0.29, 0.717) is 16.8 Å². The summed E-state index contributed by atoms with van der Waals surface area (Å²) < 4.78 is 2.43. The molecule has 0 aliphatic carbocycles. The molecule has 0 bridgehead atoms. The van der Waals surface area contributed by atoms with Gasteiger partial charge in [-0.25, -0.2) is 14.5 Å². The van der Waals surface area contributed by atoms with E-state index in [9.17, 15) is 10.1 Å². The zero-order valence-electron chi connectivity index (χ0n) is 10.7. The van der Waals surface area contributed by atoms with E-state index in [2.05, 4.69) is 4.98 Å². The Balaban J connectivity index is 1.99. The van der Waals surface area contributed by atoms with Crippen molar-refractivity contribution in [3.8, 4) is 0 Å². The third-order valence-electron chi connectivity index (χ3n) is 3.30. The molecule has 1 aliphatic rings. The van der Waals surface area contributed by atoms with Gasteiger partial charge in [-0.1, -0.05) is 11.6 Å². The molecule has 6 nitrogen and oxygen atoms in total. The molecule has 1 unspecified atom stereocenters. The van der Waals surface area contributed by atoms with Crippen LogP contribution in [0, 0.1) is 10.1 Å². The third-order valence-corrected chi connectivity index (χ3v) is 4.40. The second-order valence-electron chi connectivity index (χ2n) is 4.69. The van der Waals surface area contributed by atoms with E-state index >= 15 is 0 Å². The van der Waals surface area contributed by atoms with Gasteiger partial charge in [-0.2, -0.15) is 0 Å². The van der Waals surface area contributed by atoms with Gasteiger partial charge >= 0.3 is 11.5 Å². The fraction of sp³-hybridized carbons (Fsp3) is 0.333. The van der Waals surface area contributed by atoms with Crippen molar-refractivity contribution in [2.75, 3.05) is 11.4 Å². The van der Waals surface area contributed by atoms with Gasteiger partial charge in [-0.3, -0.25) is 10.1 Å².